The number of thioether (sulfide) groups is 1. The zero-order valence-corrected chi connectivity index (χ0v) is 11.3. The molecule has 1 rings (SSSR count). The van der Waals surface area contributed by atoms with Crippen molar-refractivity contribution in [2.45, 2.75) is 31.1 Å². The van der Waals surface area contributed by atoms with Gasteiger partial charge in [0.2, 0.25) is 11.8 Å². The summed E-state index contributed by atoms with van der Waals surface area (Å²) < 4.78 is 0. The van der Waals surface area contributed by atoms with Crippen LogP contribution in [-0.4, -0.2) is 17.6 Å². The number of nitrogens with one attached hydrogen (secondary N) is 1. The Kier molecular flexibility index (Phi) is 6.28. The number of para-hydroxylation sites is 1. The van der Waals surface area contributed by atoms with Gasteiger partial charge in [0.15, 0.2) is 0 Å². The first-order valence-corrected chi connectivity index (χ1v) is 6.92. The molecule has 1 aromatic rings. The molecule has 5 heteroatoms. The lowest BCUT2D eigenvalue weighted by Crippen LogP contribution is -2.14. The van der Waals surface area contributed by atoms with Gasteiger partial charge in [0, 0.05) is 11.3 Å². The van der Waals surface area contributed by atoms with Gasteiger partial charge >= 0.3 is 0 Å². The lowest BCUT2D eigenvalue weighted by Gasteiger charge is -2.09. The van der Waals surface area contributed by atoms with E-state index in [9.17, 15) is 9.59 Å². The van der Waals surface area contributed by atoms with Crippen LogP contribution >= 0.6 is 11.8 Å². The zero-order valence-electron chi connectivity index (χ0n) is 10.4. The summed E-state index contributed by atoms with van der Waals surface area (Å²) >= 11 is 1.33. The Morgan fingerprint density at radius 1 is 1.33 bits per heavy atom. The third kappa shape index (κ3) is 5.23. The first kappa shape index (κ1) is 14.6. The highest BCUT2D eigenvalue weighted by atomic mass is 32.2. The molecule has 0 aliphatic carbocycles. The van der Waals surface area contributed by atoms with Gasteiger partial charge in [-0.2, -0.15) is 0 Å². The van der Waals surface area contributed by atoms with Gasteiger partial charge in [-0.1, -0.05) is 25.5 Å². The Morgan fingerprint density at radius 2 is 2.06 bits per heavy atom. The van der Waals surface area contributed by atoms with Crippen molar-refractivity contribution in [1.82, 2.24) is 0 Å². The van der Waals surface area contributed by atoms with Crippen LogP contribution < -0.4 is 11.1 Å². The fraction of sp³-hybridized carbons (Fsp3) is 0.385. The molecule has 0 aromatic heterocycles. The Hall–Kier alpha value is -1.49. The minimum atomic E-state index is -0.368. The van der Waals surface area contributed by atoms with Crippen molar-refractivity contribution < 1.29 is 9.59 Å². The molecule has 0 saturated heterocycles. The van der Waals surface area contributed by atoms with E-state index in [1.54, 1.807) is 0 Å². The second-order valence-corrected chi connectivity index (χ2v) is 4.92. The highest BCUT2D eigenvalue weighted by Crippen LogP contribution is 2.26. The standard InChI is InChI=1S/C13H18N2O2S/c1-2-3-8-13(17)15-10-6-4-5-7-11(10)18-9-12(14)16/h4-7H,2-3,8-9H2,1H3,(H2,14,16)(H,15,17). The number of hydrogen-bond donors (Lipinski definition) is 2. The Morgan fingerprint density at radius 3 is 2.72 bits per heavy atom. The quantitative estimate of drug-likeness (QED) is 0.744. The van der Waals surface area contributed by atoms with Crippen LogP contribution in [0.5, 0.6) is 0 Å². The summed E-state index contributed by atoms with van der Waals surface area (Å²) in [5.74, 6) is -0.155. The Labute approximate surface area is 111 Å². The fourth-order valence-electron chi connectivity index (χ4n) is 1.39. The van der Waals surface area contributed by atoms with E-state index in [2.05, 4.69) is 5.32 Å². The van der Waals surface area contributed by atoms with Crippen LogP contribution in [0.4, 0.5) is 5.69 Å². The van der Waals surface area contributed by atoms with Gasteiger partial charge in [-0.15, -0.1) is 11.8 Å². The van der Waals surface area contributed by atoms with Crippen LogP contribution in [0.2, 0.25) is 0 Å². The number of nitrogens with two attached hydrogens (primary N) is 1. The number of anilines is 1. The predicted molar refractivity (Wildman–Crippen MR) is 74.5 cm³/mol. The first-order valence-electron chi connectivity index (χ1n) is 5.93. The zero-order chi connectivity index (χ0) is 13.4. The highest BCUT2D eigenvalue weighted by molar-refractivity contribution is 8.00. The molecular formula is C13H18N2O2S. The molecule has 0 unspecified atom stereocenters. The fourth-order valence-corrected chi connectivity index (χ4v) is 2.14. The molecule has 0 bridgehead atoms. The van der Waals surface area contributed by atoms with Gasteiger partial charge in [-0.05, 0) is 18.6 Å². The topological polar surface area (TPSA) is 72.2 Å². The summed E-state index contributed by atoms with van der Waals surface area (Å²) in [7, 11) is 0. The van der Waals surface area contributed by atoms with Crippen molar-refractivity contribution in [1.29, 1.82) is 0 Å². The summed E-state index contributed by atoms with van der Waals surface area (Å²) in [6.07, 6.45) is 2.39. The number of carbonyl (C=O) groups is 2. The Bertz CT molecular complexity index is 421. The monoisotopic (exact) mass is 266 g/mol. The number of primary amides is 1. The van der Waals surface area contributed by atoms with Crippen LogP contribution in [0, 0.1) is 0 Å². The van der Waals surface area contributed by atoms with E-state index >= 15 is 0 Å². The highest BCUT2D eigenvalue weighted by Gasteiger charge is 2.07. The molecule has 0 heterocycles. The van der Waals surface area contributed by atoms with E-state index < -0.39 is 0 Å². The number of amides is 2. The van der Waals surface area contributed by atoms with Crippen LogP contribution in [0.3, 0.4) is 0 Å². The molecule has 4 nitrogen and oxygen atoms in total. The summed E-state index contributed by atoms with van der Waals surface area (Å²) in [6, 6.07) is 7.41. The molecule has 0 fully saturated rings. The molecule has 0 aliphatic heterocycles. The molecule has 3 N–H and O–H groups in total. The largest absolute Gasteiger partial charge is 0.369 e. The lowest BCUT2D eigenvalue weighted by molar-refractivity contribution is -0.116. The molecule has 2 amide bonds. The van der Waals surface area contributed by atoms with Crippen molar-refractivity contribution in [2.75, 3.05) is 11.1 Å². The third-order valence-electron chi connectivity index (χ3n) is 2.29. The van der Waals surface area contributed by atoms with E-state index in [0.29, 0.717) is 6.42 Å². The van der Waals surface area contributed by atoms with Crippen LogP contribution in [0.1, 0.15) is 26.2 Å². The molecule has 98 valence electrons. The second-order valence-electron chi connectivity index (χ2n) is 3.90. The molecular weight excluding hydrogens is 248 g/mol. The maximum absolute atomic E-state index is 11.6. The molecule has 0 spiro atoms. The smallest absolute Gasteiger partial charge is 0.227 e. The summed E-state index contributed by atoms with van der Waals surface area (Å²) in [6.45, 7) is 2.05. The number of benzene rings is 1. The van der Waals surface area contributed by atoms with Gasteiger partial charge in [0.05, 0.1) is 11.4 Å². The van der Waals surface area contributed by atoms with Crippen molar-refractivity contribution in [3.05, 3.63) is 24.3 Å². The average molecular weight is 266 g/mol. The van der Waals surface area contributed by atoms with Crippen LogP contribution in [0.25, 0.3) is 0 Å². The average Bonchev–Trinajstić information content (AvgIpc) is 2.35. The molecule has 0 aliphatic rings. The van der Waals surface area contributed by atoms with Gasteiger partial charge in [0.1, 0.15) is 0 Å². The minimum Gasteiger partial charge on any atom is -0.369 e. The lowest BCUT2D eigenvalue weighted by atomic mass is 10.2. The maximum Gasteiger partial charge on any atom is 0.227 e. The van der Waals surface area contributed by atoms with E-state index in [-0.39, 0.29) is 17.6 Å². The number of hydrogen-bond acceptors (Lipinski definition) is 3. The Balaban J connectivity index is 2.63. The van der Waals surface area contributed by atoms with Crippen LogP contribution in [-0.2, 0) is 9.59 Å². The number of unbranched alkanes of at least 4 members (excludes halogenated alkanes) is 1. The van der Waals surface area contributed by atoms with Crippen molar-refractivity contribution in [3.63, 3.8) is 0 Å². The third-order valence-corrected chi connectivity index (χ3v) is 3.38. The maximum atomic E-state index is 11.6. The predicted octanol–water partition coefficient (Wildman–Crippen LogP) is 2.39. The molecule has 0 saturated carbocycles. The number of carbonyl (C=O) groups excluding carboxylic acids is 2. The minimum absolute atomic E-state index is 0.00368. The van der Waals surface area contributed by atoms with Crippen molar-refractivity contribution in [3.8, 4) is 0 Å². The summed E-state index contributed by atoms with van der Waals surface area (Å²) in [5, 5.41) is 2.86. The number of rotatable bonds is 7. The molecule has 18 heavy (non-hydrogen) atoms. The van der Waals surface area contributed by atoms with Crippen molar-refractivity contribution >= 4 is 29.3 Å². The summed E-state index contributed by atoms with van der Waals surface area (Å²) in [5.41, 5.74) is 5.85. The second kappa shape index (κ2) is 7.76. The van der Waals surface area contributed by atoms with E-state index in [4.69, 9.17) is 5.73 Å². The normalized spacial score (nSPS) is 10.1. The van der Waals surface area contributed by atoms with E-state index in [1.165, 1.54) is 11.8 Å². The van der Waals surface area contributed by atoms with Gasteiger partial charge in [0.25, 0.3) is 0 Å². The molecule has 0 atom stereocenters. The SMILES string of the molecule is CCCCC(=O)Nc1ccccc1SCC(N)=O. The molecule has 0 radical (unpaired) electrons. The van der Waals surface area contributed by atoms with Gasteiger partial charge in [-0.3, -0.25) is 9.59 Å². The van der Waals surface area contributed by atoms with E-state index in [1.807, 2.05) is 31.2 Å². The van der Waals surface area contributed by atoms with Gasteiger partial charge in [-0.25, -0.2) is 0 Å². The summed E-state index contributed by atoms with van der Waals surface area (Å²) in [4.78, 5) is 23.3. The first-order chi connectivity index (χ1) is 8.63. The van der Waals surface area contributed by atoms with Crippen molar-refractivity contribution in [2.24, 2.45) is 5.73 Å². The molecule has 1 aromatic carbocycles. The van der Waals surface area contributed by atoms with Gasteiger partial charge < -0.3 is 11.1 Å². The van der Waals surface area contributed by atoms with Crippen LogP contribution in [0.15, 0.2) is 29.2 Å². The van der Waals surface area contributed by atoms with E-state index in [0.717, 1.165) is 23.4 Å².